The Morgan fingerprint density at radius 2 is 2.06 bits per heavy atom. The number of carbonyl (C=O) groups excluding carboxylic acids is 1. The molecule has 0 spiro atoms. The van der Waals surface area contributed by atoms with E-state index in [4.69, 9.17) is 0 Å². The van der Waals surface area contributed by atoms with Crippen LogP contribution < -0.4 is 10.6 Å². The molecule has 1 saturated heterocycles. The Morgan fingerprint density at radius 1 is 1.35 bits per heavy atom. The Balaban J connectivity index is 1.86. The summed E-state index contributed by atoms with van der Waals surface area (Å²) < 4.78 is 0. The van der Waals surface area contributed by atoms with Gasteiger partial charge < -0.3 is 10.6 Å². The van der Waals surface area contributed by atoms with Crippen LogP contribution in [0.3, 0.4) is 0 Å². The molecule has 3 nitrogen and oxygen atoms in total. The number of carbonyl (C=O) groups is 1. The summed E-state index contributed by atoms with van der Waals surface area (Å²) in [6.07, 6.45) is 7.38. The quantitative estimate of drug-likeness (QED) is 0.790. The van der Waals surface area contributed by atoms with Crippen LogP contribution >= 0.6 is 0 Å². The largest absolute Gasteiger partial charge is 0.353 e. The zero-order valence-corrected chi connectivity index (χ0v) is 11.2. The molecule has 2 atom stereocenters. The summed E-state index contributed by atoms with van der Waals surface area (Å²) in [7, 11) is 0. The van der Waals surface area contributed by atoms with Crippen molar-refractivity contribution in [2.24, 2.45) is 11.3 Å². The van der Waals surface area contributed by atoms with Crippen molar-refractivity contribution in [2.75, 3.05) is 13.1 Å². The van der Waals surface area contributed by atoms with Crippen molar-refractivity contribution >= 4 is 5.91 Å². The molecule has 2 unspecified atom stereocenters. The monoisotopic (exact) mass is 238 g/mol. The van der Waals surface area contributed by atoms with Crippen LogP contribution in [0.2, 0.25) is 0 Å². The van der Waals surface area contributed by atoms with Crippen LogP contribution in [-0.2, 0) is 4.79 Å². The van der Waals surface area contributed by atoms with Crippen molar-refractivity contribution in [3.8, 4) is 0 Å². The van der Waals surface area contributed by atoms with E-state index in [9.17, 15) is 4.79 Å². The molecule has 1 saturated carbocycles. The van der Waals surface area contributed by atoms with E-state index in [1.54, 1.807) is 0 Å². The molecule has 2 rings (SSSR count). The molecule has 1 aliphatic heterocycles. The number of hydrogen-bond donors (Lipinski definition) is 2. The molecule has 2 fully saturated rings. The Hall–Kier alpha value is -0.570. The highest BCUT2D eigenvalue weighted by molar-refractivity contribution is 5.82. The first-order valence-electron chi connectivity index (χ1n) is 7.13. The molecule has 17 heavy (non-hydrogen) atoms. The topological polar surface area (TPSA) is 41.1 Å². The van der Waals surface area contributed by atoms with Gasteiger partial charge in [-0.2, -0.15) is 0 Å². The predicted molar refractivity (Wildman–Crippen MR) is 69.8 cm³/mol. The van der Waals surface area contributed by atoms with Crippen LogP contribution in [0.4, 0.5) is 0 Å². The molecular formula is C14H26N2O. The van der Waals surface area contributed by atoms with Gasteiger partial charge in [-0.25, -0.2) is 0 Å². The second-order valence-corrected chi connectivity index (χ2v) is 6.15. The molecule has 0 aromatic heterocycles. The zero-order chi connectivity index (χ0) is 12.3. The van der Waals surface area contributed by atoms with Gasteiger partial charge in [0, 0.05) is 12.6 Å². The van der Waals surface area contributed by atoms with Crippen LogP contribution in [0.15, 0.2) is 0 Å². The fraction of sp³-hybridized carbons (Fsp3) is 0.929. The minimum Gasteiger partial charge on any atom is -0.353 e. The first-order valence-corrected chi connectivity index (χ1v) is 7.13. The first-order chi connectivity index (χ1) is 8.12. The van der Waals surface area contributed by atoms with Crippen LogP contribution in [0.5, 0.6) is 0 Å². The summed E-state index contributed by atoms with van der Waals surface area (Å²) >= 11 is 0. The molecule has 1 heterocycles. The lowest BCUT2D eigenvalue weighted by molar-refractivity contribution is -0.132. The summed E-state index contributed by atoms with van der Waals surface area (Å²) in [4.78, 5) is 12.3. The van der Waals surface area contributed by atoms with E-state index in [-0.39, 0.29) is 11.3 Å². The van der Waals surface area contributed by atoms with Crippen molar-refractivity contribution < 1.29 is 4.79 Å². The number of amides is 1. The van der Waals surface area contributed by atoms with E-state index in [1.165, 1.54) is 25.7 Å². The maximum Gasteiger partial charge on any atom is 0.227 e. The summed E-state index contributed by atoms with van der Waals surface area (Å²) in [5.74, 6) is 0.961. The average Bonchev–Trinajstić information content (AvgIpc) is 2.83. The van der Waals surface area contributed by atoms with Gasteiger partial charge >= 0.3 is 0 Å². The number of nitrogens with one attached hydrogen (secondary N) is 2. The highest BCUT2D eigenvalue weighted by Crippen LogP contribution is 2.29. The molecule has 98 valence electrons. The Morgan fingerprint density at radius 3 is 2.65 bits per heavy atom. The number of piperidine rings is 1. The van der Waals surface area contributed by atoms with E-state index in [1.807, 2.05) is 0 Å². The second kappa shape index (κ2) is 5.38. The SMILES string of the molecule is CC(NC(=O)C1(C)CCCNC1)C1CCCC1. The second-order valence-electron chi connectivity index (χ2n) is 6.15. The smallest absolute Gasteiger partial charge is 0.227 e. The number of rotatable bonds is 3. The van der Waals surface area contributed by atoms with Gasteiger partial charge in [0.15, 0.2) is 0 Å². The van der Waals surface area contributed by atoms with Crippen molar-refractivity contribution in [1.82, 2.24) is 10.6 Å². The Kier molecular flexibility index (Phi) is 4.08. The standard InChI is InChI=1S/C14H26N2O/c1-11(12-6-3-4-7-12)16-13(17)14(2)8-5-9-15-10-14/h11-12,15H,3-10H2,1-2H3,(H,16,17). The van der Waals surface area contributed by atoms with Crippen molar-refractivity contribution in [3.05, 3.63) is 0 Å². The molecule has 3 heteroatoms. The zero-order valence-electron chi connectivity index (χ0n) is 11.2. The van der Waals surface area contributed by atoms with Crippen molar-refractivity contribution in [2.45, 2.75) is 58.4 Å². The molecule has 2 N–H and O–H groups in total. The van der Waals surface area contributed by atoms with Gasteiger partial charge in [0.05, 0.1) is 5.41 Å². The summed E-state index contributed by atoms with van der Waals surface area (Å²) in [5.41, 5.74) is -0.189. The summed E-state index contributed by atoms with van der Waals surface area (Å²) in [6.45, 7) is 6.15. The van der Waals surface area contributed by atoms with Crippen LogP contribution in [-0.4, -0.2) is 25.0 Å². The van der Waals surface area contributed by atoms with Gasteiger partial charge in [-0.05, 0) is 52.0 Å². The van der Waals surface area contributed by atoms with E-state index in [2.05, 4.69) is 24.5 Å². The molecule has 2 aliphatic rings. The fourth-order valence-corrected chi connectivity index (χ4v) is 3.21. The Bertz CT molecular complexity index is 265. The maximum absolute atomic E-state index is 12.3. The lowest BCUT2D eigenvalue weighted by atomic mass is 9.81. The van der Waals surface area contributed by atoms with E-state index < -0.39 is 0 Å². The highest BCUT2D eigenvalue weighted by atomic mass is 16.2. The molecule has 0 radical (unpaired) electrons. The minimum atomic E-state index is -0.189. The van der Waals surface area contributed by atoms with Crippen LogP contribution in [0.1, 0.15) is 52.4 Å². The van der Waals surface area contributed by atoms with Gasteiger partial charge in [-0.1, -0.05) is 12.8 Å². The van der Waals surface area contributed by atoms with Crippen molar-refractivity contribution in [3.63, 3.8) is 0 Å². The van der Waals surface area contributed by atoms with Gasteiger partial charge in [0.2, 0.25) is 5.91 Å². The number of hydrogen-bond acceptors (Lipinski definition) is 2. The summed E-state index contributed by atoms with van der Waals surface area (Å²) in [5, 5.41) is 6.59. The van der Waals surface area contributed by atoms with Crippen LogP contribution in [0, 0.1) is 11.3 Å². The maximum atomic E-state index is 12.3. The fourth-order valence-electron chi connectivity index (χ4n) is 3.21. The molecular weight excluding hydrogens is 212 g/mol. The molecule has 0 aromatic rings. The van der Waals surface area contributed by atoms with Gasteiger partial charge in [0.25, 0.3) is 0 Å². The molecule has 0 aromatic carbocycles. The average molecular weight is 238 g/mol. The lowest BCUT2D eigenvalue weighted by Crippen LogP contribution is -2.51. The van der Waals surface area contributed by atoms with E-state index >= 15 is 0 Å². The molecule has 0 bridgehead atoms. The predicted octanol–water partition coefficient (Wildman–Crippen LogP) is 2.07. The highest BCUT2D eigenvalue weighted by Gasteiger charge is 2.36. The first kappa shape index (κ1) is 12.9. The van der Waals surface area contributed by atoms with Crippen LogP contribution in [0.25, 0.3) is 0 Å². The lowest BCUT2D eigenvalue weighted by Gasteiger charge is -2.34. The Labute approximate surface area is 105 Å². The van der Waals surface area contributed by atoms with Gasteiger partial charge in [0.1, 0.15) is 0 Å². The third kappa shape index (κ3) is 3.01. The van der Waals surface area contributed by atoms with E-state index in [0.717, 1.165) is 25.9 Å². The minimum absolute atomic E-state index is 0.189. The van der Waals surface area contributed by atoms with Gasteiger partial charge in [-0.3, -0.25) is 4.79 Å². The molecule has 1 amide bonds. The summed E-state index contributed by atoms with van der Waals surface area (Å²) in [6, 6.07) is 0.351. The third-order valence-corrected chi connectivity index (χ3v) is 4.61. The normalized spacial score (nSPS) is 32.4. The molecule has 1 aliphatic carbocycles. The van der Waals surface area contributed by atoms with Crippen molar-refractivity contribution in [1.29, 1.82) is 0 Å². The van der Waals surface area contributed by atoms with Gasteiger partial charge in [-0.15, -0.1) is 0 Å². The van der Waals surface area contributed by atoms with E-state index in [0.29, 0.717) is 12.0 Å². The third-order valence-electron chi connectivity index (χ3n) is 4.61.